The molecule has 1 atom stereocenters. The standard InChI is InChI=1S/C30H37ClN4O4S/c1-20-3-6-25(31)19-28(20)32-13-15-33(16-14-32)29(36)23-9-11-34(12-10-23)40(38,39)26-7-8-27-24(18-26)17-21(2)35(27)30(37)22-4-5-22/h3,6-8,18-19,21-23H,4-5,9-17H2,1-2H3/t21-/m1/s1. The second kappa shape index (κ2) is 10.7. The van der Waals surface area contributed by atoms with Crippen LogP contribution < -0.4 is 9.80 Å². The number of nitrogens with zero attached hydrogens (tertiary/aromatic N) is 4. The topological polar surface area (TPSA) is 81.2 Å². The first kappa shape index (κ1) is 27.5. The molecule has 2 saturated heterocycles. The SMILES string of the molecule is Cc1ccc(Cl)cc1N1CCN(C(=O)C2CCN(S(=O)(=O)c3ccc4c(c3)C[C@@H](C)N4C(=O)C3CC3)CC2)CC1. The van der Waals surface area contributed by atoms with Gasteiger partial charge in [0.05, 0.1) is 4.90 Å². The number of carbonyl (C=O) groups excluding carboxylic acids is 2. The lowest BCUT2D eigenvalue weighted by Gasteiger charge is -2.39. The van der Waals surface area contributed by atoms with Crippen LogP contribution in [0.1, 0.15) is 43.7 Å². The Morgan fingerprint density at radius 3 is 2.17 bits per heavy atom. The molecule has 6 rings (SSSR count). The number of carbonyl (C=O) groups is 2. The molecule has 1 saturated carbocycles. The van der Waals surface area contributed by atoms with Crippen LogP contribution in [0.4, 0.5) is 11.4 Å². The summed E-state index contributed by atoms with van der Waals surface area (Å²) in [6, 6.07) is 11.1. The molecule has 0 N–H and O–H groups in total. The van der Waals surface area contributed by atoms with Gasteiger partial charge < -0.3 is 14.7 Å². The molecular weight excluding hydrogens is 548 g/mol. The Bertz CT molecular complexity index is 1430. The van der Waals surface area contributed by atoms with Gasteiger partial charge in [0.15, 0.2) is 0 Å². The lowest BCUT2D eigenvalue weighted by atomic mass is 9.96. The van der Waals surface area contributed by atoms with Crippen molar-refractivity contribution in [2.75, 3.05) is 49.1 Å². The normalized spacial score (nSPS) is 22.5. The number of hydrogen-bond acceptors (Lipinski definition) is 5. The lowest BCUT2D eigenvalue weighted by molar-refractivity contribution is -0.137. The molecule has 0 spiro atoms. The van der Waals surface area contributed by atoms with Crippen molar-refractivity contribution in [2.24, 2.45) is 11.8 Å². The molecule has 1 aliphatic carbocycles. The van der Waals surface area contributed by atoms with Crippen molar-refractivity contribution in [1.29, 1.82) is 0 Å². The Hall–Kier alpha value is -2.62. The summed E-state index contributed by atoms with van der Waals surface area (Å²) >= 11 is 6.21. The quantitative estimate of drug-likeness (QED) is 0.529. The number of piperidine rings is 1. The van der Waals surface area contributed by atoms with E-state index < -0.39 is 10.0 Å². The van der Waals surface area contributed by atoms with Gasteiger partial charge in [-0.05, 0) is 87.4 Å². The average molecular weight is 585 g/mol. The second-order valence-corrected chi connectivity index (χ2v) is 14.1. The predicted octanol–water partition coefficient (Wildman–Crippen LogP) is 4.09. The molecule has 0 bridgehead atoms. The van der Waals surface area contributed by atoms with Gasteiger partial charge in [-0.2, -0.15) is 4.31 Å². The maximum atomic E-state index is 13.5. The molecule has 8 nitrogen and oxygen atoms in total. The molecule has 2 aromatic carbocycles. The van der Waals surface area contributed by atoms with Crippen LogP contribution in [0.5, 0.6) is 0 Å². The molecule has 40 heavy (non-hydrogen) atoms. The fraction of sp³-hybridized carbons (Fsp3) is 0.533. The molecule has 0 aromatic heterocycles. The van der Waals surface area contributed by atoms with E-state index >= 15 is 0 Å². The van der Waals surface area contributed by atoms with Crippen molar-refractivity contribution in [3.63, 3.8) is 0 Å². The number of hydrogen-bond donors (Lipinski definition) is 0. The summed E-state index contributed by atoms with van der Waals surface area (Å²) in [6.45, 7) is 7.56. The van der Waals surface area contributed by atoms with Crippen LogP contribution in [0.15, 0.2) is 41.3 Å². The zero-order valence-corrected chi connectivity index (χ0v) is 24.8. The monoisotopic (exact) mass is 584 g/mol. The molecule has 0 radical (unpaired) electrons. The van der Waals surface area contributed by atoms with Crippen molar-refractivity contribution in [3.05, 3.63) is 52.5 Å². The Balaban J connectivity index is 1.06. The van der Waals surface area contributed by atoms with Gasteiger partial charge in [0.25, 0.3) is 0 Å². The summed E-state index contributed by atoms with van der Waals surface area (Å²) in [5.74, 6) is 0.256. The minimum absolute atomic E-state index is 0.0409. The molecule has 2 amide bonds. The summed E-state index contributed by atoms with van der Waals surface area (Å²) in [4.78, 5) is 32.4. The van der Waals surface area contributed by atoms with Gasteiger partial charge in [0.1, 0.15) is 0 Å². The van der Waals surface area contributed by atoms with Gasteiger partial charge in [-0.15, -0.1) is 0 Å². The number of fused-ring (bicyclic) bond motifs is 1. The maximum Gasteiger partial charge on any atom is 0.243 e. The van der Waals surface area contributed by atoms with Crippen LogP contribution >= 0.6 is 11.6 Å². The number of amides is 2. The van der Waals surface area contributed by atoms with Crippen molar-refractivity contribution in [1.82, 2.24) is 9.21 Å². The number of aryl methyl sites for hydroxylation is 1. The average Bonchev–Trinajstić information content (AvgIpc) is 3.75. The summed E-state index contributed by atoms with van der Waals surface area (Å²) in [7, 11) is -3.67. The molecular formula is C30H37ClN4O4S. The van der Waals surface area contributed by atoms with Crippen LogP contribution in [0.3, 0.4) is 0 Å². The van der Waals surface area contributed by atoms with Crippen LogP contribution in [0, 0.1) is 18.8 Å². The number of halogens is 1. The lowest BCUT2D eigenvalue weighted by Crippen LogP contribution is -2.52. The first-order valence-corrected chi connectivity index (χ1v) is 16.2. The van der Waals surface area contributed by atoms with Gasteiger partial charge in [-0.3, -0.25) is 9.59 Å². The largest absolute Gasteiger partial charge is 0.368 e. The molecule has 10 heteroatoms. The van der Waals surface area contributed by atoms with Gasteiger partial charge in [-0.25, -0.2) is 8.42 Å². The van der Waals surface area contributed by atoms with Crippen LogP contribution in [-0.4, -0.2) is 74.7 Å². The number of rotatable bonds is 5. The van der Waals surface area contributed by atoms with Gasteiger partial charge >= 0.3 is 0 Å². The van der Waals surface area contributed by atoms with E-state index in [9.17, 15) is 18.0 Å². The number of sulfonamides is 1. The Morgan fingerprint density at radius 1 is 0.825 bits per heavy atom. The summed E-state index contributed by atoms with van der Waals surface area (Å²) in [6.07, 6.45) is 3.61. The van der Waals surface area contributed by atoms with Gasteiger partial charge in [0.2, 0.25) is 21.8 Å². The fourth-order valence-corrected chi connectivity index (χ4v) is 8.16. The fourth-order valence-electron chi connectivity index (χ4n) is 6.47. The third-order valence-corrected chi connectivity index (χ3v) is 11.1. The van der Waals surface area contributed by atoms with Crippen molar-refractivity contribution >= 4 is 44.8 Å². The van der Waals surface area contributed by atoms with Crippen molar-refractivity contribution in [2.45, 2.75) is 56.9 Å². The first-order valence-electron chi connectivity index (χ1n) is 14.4. The molecule has 3 fully saturated rings. The van der Waals surface area contributed by atoms with Gasteiger partial charge in [0, 0.05) is 73.5 Å². The zero-order chi connectivity index (χ0) is 28.2. The Kier molecular flexibility index (Phi) is 7.34. The van der Waals surface area contributed by atoms with Crippen molar-refractivity contribution in [3.8, 4) is 0 Å². The molecule has 2 aromatic rings. The van der Waals surface area contributed by atoms with E-state index in [2.05, 4.69) is 11.8 Å². The highest BCUT2D eigenvalue weighted by atomic mass is 35.5. The molecule has 3 heterocycles. The van der Waals surface area contributed by atoms with Crippen molar-refractivity contribution < 1.29 is 18.0 Å². The summed E-state index contributed by atoms with van der Waals surface area (Å²) in [5, 5.41) is 0.709. The smallest absolute Gasteiger partial charge is 0.243 e. The van der Waals surface area contributed by atoms with Crippen LogP contribution in [0.2, 0.25) is 5.02 Å². The molecule has 4 aliphatic rings. The van der Waals surface area contributed by atoms with Gasteiger partial charge in [-0.1, -0.05) is 17.7 Å². The predicted molar refractivity (Wildman–Crippen MR) is 156 cm³/mol. The third-order valence-electron chi connectivity index (χ3n) is 8.97. The molecule has 0 unspecified atom stereocenters. The van der Waals surface area contributed by atoms with E-state index in [4.69, 9.17) is 11.6 Å². The minimum atomic E-state index is -3.67. The van der Waals surface area contributed by atoms with E-state index in [1.165, 1.54) is 9.87 Å². The summed E-state index contributed by atoms with van der Waals surface area (Å²) in [5.41, 5.74) is 4.04. The Labute approximate surface area is 241 Å². The van der Waals surface area contributed by atoms with Crippen LogP contribution in [-0.2, 0) is 26.0 Å². The highest BCUT2D eigenvalue weighted by Crippen LogP contribution is 2.40. The zero-order valence-electron chi connectivity index (χ0n) is 23.2. The number of anilines is 2. The van der Waals surface area contributed by atoms with E-state index in [0.717, 1.165) is 42.9 Å². The summed E-state index contributed by atoms with van der Waals surface area (Å²) < 4.78 is 28.6. The Morgan fingerprint density at radius 2 is 1.50 bits per heavy atom. The van der Waals surface area contributed by atoms with E-state index in [-0.39, 0.29) is 34.6 Å². The van der Waals surface area contributed by atoms with E-state index in [1.807, 2.05) is 34.9 Å². The third kappa shape index (κ3) is 5.12. The number of benzene rings is 2. The van der Waals surface area contributed by atoms with E-state index in [0.29, 0.717) is 50.5 Å². The number of piperazine rings is 1. The van der Waals surface area contributed by atoms with E-state index in [1.54, 1.807) is 18.2 Å². The second-order valence-electron chi connectivity index (χ2n) is 11.7. The van der Waals surface area contributed by atoms with Crippen LogP contribution in [0.25, 0.3) is 0 Å². The highest BCUT2D eigenvalue weighted by Gasteiger charge is 2.40. The molecule has 3 aliphatic heterocycles. The molecule has 214 valence electrons. The minimum Gasteiger partial charge on any atom is -0.368 e. The highest BCUT2D eigenvalue weighted by molar-refractivity contribution is 7.89. The maximum absolute atomic E-state index is 13.5. The first-order chi connectivity index (χ1) is 19.1.